The summed E-state index contributed by atoms with van der Waals surface area (Å²) in [4.78, 5) is 23.6. The minimum atomic E-state index is -0.385. The minimum absolute atomic E-state index is 0.180. The summed E-state index contributed by atoms with van der Waals surface area (Å²) in [6, 6.07) is 8.60. The van der Waals surface area contributed by atoms with E-state index in [2.05, 4.69) is 10.4 Å². The Hall–Kier alpha value is -2.50. The molecule has 1 aliphatic carbocycles. The van der Waals surface area contributed by atoms with Gasteiger partial charge in [-0.3, -0.25) is 9.59 Å². The first kappa shape index (κ1) is 14.4. The summed E-state index contributed by atoms with van der Waals surface area (Å²) < 4.78 is 14.2. The second-order valence-electron chi connectivity index (χ2n) is 5.36. The molecule has 1 N–H and O–H groups in total. The summed E-state index contributed by atoms with van der Waals surface area (Å²) in [7, 11) is 0. The van der Waals surface area contributed by atoms with Crippen molar-refractivity contribution in [2.75, 3.05) is 6.54 Å². The SMILES string of the molecule is O=C(NCCn1nc(C2CC2)ccc1=O)c1ccc(F)cc1. The highest BCUT2D eigenvalue weighted by Crippen LogP contribution is 2.38. The van der Waals surface area contributed by atoms with E-state index in [1.54, 1.807) is 6.07 Å². The van der Waals surface area contributed by atoms with Gasteiger partial charge in [-0.2, -0.15) is 5.10 Å². The fourth-order valence-corrected chi connectivity index (χ4v) is 2.20. The molecule has 1 saturated carbocycles. The number of amides is 1. The van der Waals surface area contributed by atoms with Crippen LogP contribution in [0, 0.1) is 5.82 Å². The molecule has 22 heavy (non-hydrogen) atoms. The number of halogens is 1. The maximum Gasteiger partial charge on any atom is 0.266 e. The molecular formula is C16H16FN3O2. The number of nitrogens with one attached hydrogen (secondary N) is 1. The third-order valence-corrected chi connectivity index (χ3v) is 3.60. The predicted molar refractivity (Wildman–Crippen MR) is 79.2 cm³/mol. The standard InChI is InChI=1S/C16H16FN3O2/c17-13-5-3-12(4-6-13)16(22)18-9-10-20-15(21)8-7-14(19-20)11-1-2-11/h3-8,11H,1-2,9-10H2,(H,18,22). The number of aromatic nitrogens is 2. The number of hydrogen-bond acceptors (Lipinski definition) is 3. The monoisotopic (exact) mass is 301 g/mol. The number of benzene rings is 1. The van der Waals surface area contributed by atoms with Crippen molar-refractivity contribution in [1.82, 2.24) is 15.1 Å². The normalized spacial score (nSPS) is 13.9. The van der Waals surface area contributed by atoms with Gasteiger partial charge in [0, 0.05) is 24.1 Å². The van der Waals surface area contributed by atoms with Crippen LogP contribution < -0.4 is 10.9 Å². The van der Waals surface area contributed by atoms with E-state index in [-0.39, 0.29) is 23.8 Å². The van der Waals surface area contributed by atoms with Crippen molar-refractivity contribution < 1.29 is 9.18 Å². The van der Waals surface area contributed by atoms with Gasteiger partial charge in [0.15, 0.2) is 0 Å². The van der Waals surface area contributed by atoms with Crippen LogP contribution in [0.5, 0.6) is 0 Å². The Bertz CT molecular complexity index is 736. The van der Waals surface area contributed by atoms with Crippen LogP contribution in [0.1, 0.15) is 34.8 Å². The maximum atomic E-state index is 12.8. The van der Waals surface area contributed by atoms with E-state index in [0.717, 1.165) is 18.5 Å². The molecule has 1 aliphatic rings. The van der Waals surface area contributed by atoms with Gasteiger partial charge in [-0.1, -0.05) is 0 Å². The molecule has 1 heterocycles. The smallest absolute Gasteiger partial charge is 0.266 e. The summed E-state index contributed by atoms with van der Waals surface area (Å²) in [5.74, 6) is -0.212. The molecule has 1 aromatic carbocycles. The lowest BCUT2D eigenvalue weighted by atomic mass is 10.2. The lowest BCUT2D eigenvalue weighted by Crippen LogP contribution is -2.32. The third-order valence-electron chi connectivity index (χ3n) is 3.60. The molecule has 3 rings (SSSR count). The highest BCUT2D eigenvalue weighted by atomic mass is 19.1. The highest BCUT2D eigenvalue weighted by molar-refractivity contribution is 5.94. The molecule has 1 fully saturated rings. The first-order valence-corrected chi connectivity index (χ1v) is 7.25. The molecule has 0 radical (unpaired) electrons. The average Bonchev–Trinajstić information content (AvgIpc) is 3.34. The molecular weight excluding hydrogens is 285 g/mol. The van der Waals surface area contributed by atoms with Gasteiger partial charge < -0.3 is 5.32 Å². The second-order valence-corrected chi connectivity index (χ2v) is 5.36. The third kappa shape index (κ3) is 3.39. The largest absolute Gasteiger partial charge is 0.350 e. The van der Waals surface area contributed by atoms with Crippen molar-refractivity contribution in [2.24, 2.45) is 0 Å². The summed E-state index contributed by atoms with van der Waals surface area (Å²) in [6.45, 7) is 0.601. The van der Waals surface area contributed by atoms with E-state index in [1.165, 1.54) is 35.0 Å². The van der Waals surface area contributed by atoms with Crippen LogP contribution in [0.4, 0.5) is 4.39 Å². The van der Waals surface area contributed by atoms with Crippen LogP contribution in [0.2, 0.25) is 0 Å². The lowest BCUT2D eigenvalue weighted by Gasteiger charge is -2.08. The Labute approximate surface area is 126 Å². The van der Waals surface area contributed by atoms with Crippen molar-refractivity contribution in [2.45, 2.75) is 25.3 Å². The van der Waals surface area contributed by atoms with Gasteiger partial charge in [0.2, 0.25) is 0 Å². The van der Waals surface area contributed by atoms with E-state index < -0.39 is 0 Å². The number of nitrogens with zero attached hydrogens (tertiary/aromatic N) is 2. The summed E-state index contributed by atoms with van der Waals surface area (Å²) in [6.07, 6.45) is 2.24. The van der Waals surface area contributed by atoms with E-state index in [4.69, 9.17) is 0 Å². The first-order valence-electron chi connectivity index (χ1n) is 7.25. The van der Waals surface area contributed by atoms with Gasteiger partial charge in [0.25, 0.3) is 11.5 Å². The van der Waals surface area contributed by atoms with Crippen molar-refractivity contribution in [3.63, 3.8) is 0 Å². The fourth-order valence-electron chi connectivity index (χ4n) is 2.20. The topological polar surface area (TPSA) is 64.0 Å². The van der Waals surface area contributed by atoms with Gasteiger partial charge in [-0.25, -0.2) is 9.07 Å². The Morgan fingerprint density at radius 2 is 1.95 bits per heavy atom. The maximum absolute atomic E-state index is 12.8. The Kier molecular flexibility index (Phi) is 4.00. The van der Waals surface area contributed by atoms with Crippen molar-refractivity contribution in [1.29, 1.82) is 0 Å². The zero-order chi connectivity index (χ0) is 15.5. The Morgan fingerprint density at radius 3 is 2.64 bits per heavy atom. The van der Waals surface area contributed by atoms with Gasteiger partial charge in [0.1, 0.15) is 5.82 Å². The fraction of sp³-hybridized carbons (Fsp3) is 0.312. The van der Waals surface area contributed by atoms with E-state index in [0.29, 0.717) is 18.0 Å². The molecule has 0 spiro atoms. The van der Waals surface area contributed by atoms with Crippen LogP contribution in [-0.2, 0) is 6.54 Å². The second kappa shape index (κ2) is 6.09. The zero-order valence-corrected chi connectivity index (χ0v) is 12.0. The van der Waals surface area contributed by atoms with E-state index in [1.807, 2.05) is 0 Å². The molecule has 0 bridgehead atoms. The molecule has 0 saturated heterocycles. The predicted octanol–water partition coefficient (Wildman–Crippen LogP) is 1.69. The Morgan fingerprint density at radius 1 is 1.23 bits per heavy atom. The molecule has 2 aromatic rings. The van der Waals surface area contributed by atoms with Gasteiger partial charge in [0.05, 0.1) is 12.2 Å². The molecule has 0 aliphatic heterocycles. The number of rotatable bonds is 5. The molecule has 114 valence electrons. The Balaban J connectivity index is 1.58. The van der Waals surface area contributed by atoms with Crippen LogP contribution in [0.15, 0.2) is 41.2 Å². The summed E-state index contributed by atoms with van der Waals surface area (Å²) in [5.41, 5.74) is 1.14. The average molecular weight is 301 g/mol. The van der Waals surface area contributed by atoms with Gasteiger partial charge >= 0.3 is 0 Å². The molecule has 0 atom stereocenters. The van der Waals surface area contributed by atoms with Gasteiger partial charge in [-0.05, 0) is 43.2 Å². The van der Waals surface area contributed by atoms with Crippen LogP contribution in [-0.4, -0.2) is 22.2 Å². The molecule has 0 unspecified atom stereocenters. The summed E-state index contributed by atoms with van der Waals surface area (Å²) >= 11 is 0. The lowest BCUT2D eigenvalue weighted by molar-refractivity contribution is 0.0951. The van der Waals surface area contributed by atoms with Crippen LogP contribution >= 0.6 is 0 Å². The zero-order valence-electron chi connectivity index (χ0n) is 12.0. The summed E-state index contributed by atoms with van der Waals surface area (Å²) in [5, 5.41) is 7.02. The van der Waals surface area contributed by atoms with Crippen molar-refractivity contribution in [3.05, 3.63) is 63.8 Å². The minimum Gasteiger partial charge on any atom is -0.350 e. The van der Waals surface area contributed by atoms with Gasteiger partial charge in [-0.15, -0.1) is 0 Å². The first-order chi connectivity index (χ1) is 10.6. The molecule has 1 aromatic heterocycles. The van der Waals surface area contributed by atoms with E-state index in [9.17, 15) is 14.0 Å². The van der Waals surface area contributed by atoms with Crippen molar-refractivity contribution >= 4 is 5.91 Å². The number of carbonyl (C=O) groups is 1. The van der Waals surface area contributed by atoms with Crippen molar-refractivity contribution in [3.8, 4) is 0 Å². The highest BCUT2D eigenvalue weighted by Gasteiger charge is 2.25. The molecule has 1 amide bonds. The number of hydrogen-bond donors (Lipinski definition) is 1. The molecule has 6 heteroatoms. The van der Waals surface area contributed by atoms with E-state index >= 15 is 0 Å². The quantitative estimate of drug-likeness (QED) is 0.914. The molecule has 5 nitrogen and oxygen atoms in total. The van der Waals surface area contributed by atoms with Crippen LogP contribution in [0.25, 0.3) is 0 Å². The van der Waals surface area contributed by atoms with Crippen LogP contribution in [0.3, 0.4) is 0 Å². The number of carbonyl (C=O) groups excluding carboxylic acids is 1.